The summed E-state index contributed by atoms with van der Waals surface area (Å²) in [6.45, 7) is 2.48. The van der Waals surface area contributed by atoms with Crippen molar-refractivity contribution in [1.29, 1.82) is 0 Å². The van der Waals surface area contributed by atoms with Gasteiger partial charge in [0.25, 0.3) is 5.91 Å². The molecule has 1 heterocycles. The molecule has 2 aromatic rings. The molecule has 0 aliphatic rings. The zero-order valence-corrected chi connectivity index (χ0v) is 11.9. The summed E-state index contributed by atoms with van der Waals surface area (Å²) in [5.41, 5.74) is 2.64. The Bertz CT molecular complexity index is 551. The molecule has 0 atom stereocenters. The number of nitrogens with zero attached hydrogens (tertiary/aromatic N) is 1. The summed E-state index contributed by atoms with van der Waals surface area (Å²) in [6.07, 6.45) is 0.831. The van der Waals surface area contributed by atoms with Gasteiger partial charge in [-0.2, -0.15) is 4.37 Å². The van der Waals surface area contributed by atoms with Crippen LogP contribution < -0.4 is 10.6 Å². The molecule has 0 aliphatic heterocycles. The second-order valence-corrected chi connectivity index (χ2v) is 4.99. The number of carbonyl (C=O) groups is 1. The average Bonchev–Trinajstić information content (AvgIpc) is 2.81. The van der Waals surface area contributed by atoms with Crippen LogP contribution in [-0.4, -0.2) is 23.9 Å². The lowest BCUT2D eigenvalue weighted by Gasteiger charge is -2.06. The smallest absolute Gasteiger partial charge is 0.256 e. The van der Waals surface area contributed by atoms with Crippen LogP contribution in [-0.2, 0) is 6.42 Å². The lowest BCUT2D eigenvalue weighted by molar-refractivity contribution is 0.0954. The number of anilines is 1. The van der Waals surface area contributed by atoms with Crippen LogP contribution in [0.4, 0.5) is 5.00 Å². The Morgan fingerprint density at radius 2 is 2.05 bits per heavy atom. The van der Waals surface area contributed by atoms with E-state index >= 15 is 0 Å². The molecular formula is C14H17N3OS. The first-order valence-electron chi connectivity index (χ1n) is 6.18. The standard InChI is InChI=1S/C14H17N3OS/c1-10-12(14(15-2)19-17-10)13(18)16-9-8-11-6-4-3-5-7-11/h3-7,15H,8-9H2,1-2H3,(H,16,18). The van der Waals surface area contributed by atoms with Gasteiger partial charge in [-0.1, -0.05) is 30.3 Å². The Hall–Kier alpha value is -1.88. The van der Waals surface area contributed by atoms with Crippen LogP contribution in [0, 0.1) is 6.92 Å². The zero-order chi connectivity index (χ0) is 13.7. The van der Waals surface area contributed by atoms with Crippen molar-refractivity contribution in [3.63, 3.8) is 0 Å². The summed E-state index contributed by atoms with van der Waals surface area (Å²) in [7, 11) is 1.80. The highest BCUT2D eigenvalue weighted by molar-refractivity contribution is 7.10. The molecule has 0 fully saturated rings. The Morgan fingerprint density at radius 3 is 2.74 bits per heavy atom. The normalized spacial score (nSPS) is 10.2. The van der Waals surface area contributed by atoms with E-state index in [1.165, 1.54) is 17.1 Å². The number of nitrogens with one attached hydrogen (secondary N) is 2. The summed E-state index contributed by atoms with van der Waals surface area (Å²) in [5.74, 6) is -0.0634. The summed E-state index contributed by atoms with van der Waals surface area (Å²) in [6, 6.07) is 10.1. The second kappa shape index (κ2) is 6.33. The number of rotatable bonds is 5. The lowest BCUT2D eigenvalue weighted by atomic mass is 10.1. The quantitative estimate of drug-likeness (QED) is 0.881. The van der Waals surface area contributed by atoms with Crippen LogP contribution in [0.2, 0.25) is 0 Å². The molecule has 0 spiro atoms. The van der Waals surface area contributed by atoms with E-state index in [4.69, 9.17) is 0 Å². The Kier molecular flexibility index (Phi) is 4.52. The molecule has 0 unspecified atom stereocenters. The van der Waals surface area contributed by atoms with Crippen molar-refractivity contribution in [2.45, 2.75) is 13.3 Å². The number of aromatic nitrogens is 1. The molecule has 0 aliphatic carbocycles. The predicted molar refractivity (Wildman–Crippen MR) is 78.9 cm³/mol. The van der Waals surface area contributed by atoms with Crippen molar-refractivity contribution in [3.05, 3.63) is 47.2 Å². The minimum Gasteiger partial charge on any atom is -0.378 e. The fourth-order valence-electron chi connectivity index (χ4n) is 1.86. The van der Waals surface area contributed by atoms with Gasteiger partial charge in [0, 0.05) is 13.6 Å². The minimum atomic E-state index is -0.0634. The van der Waals surface area contributed by atoms with Crippen molar-refractivity contribution in [3.8, 4) is 0 Å². The van der Waals surface area contributed by atoms with E-state index in [9.17, 15) is 4.79 Å². The van der Waals surface area contributed by atoms with Gasteiger partial charge in [0.15, 0.2) is 0 Å². The third-order valence-corrected chi connectivity index (χ3v) is 3.81. The molecule has 1 amide bonds. The maximum Gasteiger partial charge on any atom is 0.256 e. The van der Waals surface area contributed by atoms with Crippen molar-refractivity contribution in [2.75, 3.05) is 18.9 Å². The molecule has 4 nitrogen and oxygen atoms in total. The fourth-order valence-corrected chi connectivity index (χ4v) is 2.60. The van der Waals surface area contributed by atoms with Crippen LogP contribution in [0.1, 0.15) is 21.6 Å². The number of amides is 1. The van der Waals surface area contributed by atoms with Crippen molar-refractivity contribution < 1.29 is 4.79 Å². The van der Waals surface area contributed by atoms with Gasteiger partial charge >= 0.3 is 0 Å². The molecule has 1 aromatic heterocycles. The number of hydrogen-bond donors (Lipinski definition) is 2. The summed E-state index contributed by atoms with van der Waals surface area (Å²) < 4.78 is 4.19. The van der Waals surface area contributed by atoms with Gasteiger partial charge in [-0.05, 0) is 30.4 Å². The average molecular weight is 275 g/mol. The summed E-state index contributed by atoms with van der Waals surface area (Å²) in [5, 5.41) is 6.75. The third-order valence-electron chi connectivity index (χ3n) is 2.86. The summed E-state index contributed by atoms with van der Waals surface area (Å²) >= 11 is 1.31. The predicted octanol–water partition coefficient (Wildman–Crippen LogP) is 2.47. The lowest BCUT2D eigenvalue weighted by Crippen LogP contribution is -2.26. The topological polar surface area (TPSA) is 54.0 Å². The molecule has 0 saturated carbocycles. The first-order chi connectivity index (χ1) is 9.22. The first kappa shape index (κ1) is 13.5. The van der Waals surface area contributed by atoms with Crippen LogP contribution >= 0.6 is 11.5 Å². The first-order valence-corrected chi connectivity index (χ1v) is 6.96. The van der Waals surface area contributed by atoms with E-state index in [2.05, 4.69) is 27.1 Å². The molecule has 1 aromatic carbocycles. The molecule has 0 saturated heterocycles. The number of benzene rings is 1. The number of aryl methyl sites for hydroxylation is 1. The molecular weight excluding hydrogens is 258 g/mol. The van der Waals surface area contributed by atoms with Crippen LogP contribution in [0.3, 0.4) is 0 Å². The Labute approximate surface area is 117 Å². The molecule has 0 radical (unpaired) electrons. The zero-order valence-electron chi connectivity index (χ0n) is 11.1. The number of hydrogen-bond acceptors (Lipinski definition) is 4. The minimum absolute atomic E-state index is 0.0634. The molecule has 2 N–H and O–H groups in total. The number of carbonyl (C=O) groups excluding carboxylic acids is 1. The van der Waals surface area contributed by atoms with E-state index in [0.29, 0.717) is 12.1 Å². The van der Waals surface area contributed by atoms with Gasteiger partial charge in [-0.3, -0.25) is 4.79 Å². The van der Waals surface area contributed by atoms with Gasteiger partial charge in [0.05, 0.1) is 11.3 Å². The Morgan fingerprint density at radius 1 is 1.32 bits per heavy atom. The molecule has 19 heavy (non-hydrogen) atoms. The fraction of sp³-hybridized carbons (Fsp3) is 0.286. The molecule has 100 valence electrons. The highest BCUT2D eigenvalue weighted by Gasteiger charge is 2.16. The Balaban J connectivity index is 1.93. The van der Waals surface area contributed by atoms with Gasteiger partial charge in [0.2, 0.25) is 0 Å². The second-order valence-electron chi connectivity index (χ2n) is 4.21. The van der Waals surface area contributed by atoms with Gasteiger partial charge < -0.3 is 10.6 Å². The van der Waals surface area contributed by atoms with Crippen LogP contribution in [0.25, 0.3) is 0 Å². The largest absolute Gasteiger partial charge is 0.378 e. The van der Waals surface area contributed by atoms with Gasteiger partial charge in [0.1, 0.15) is 5.00 Å². The molecule has 5 heteroatoms. The SMILES string of the molecule is CNc1snc(C)c1C(=O)NCCc1ccccc1. The highest BCUT2D eigenvalue weighted by atomic mass is 32.1. The van der Waals surface area contributed by atoms with Crippen LogP contribution in [0.15, 0.2) is 30.3 Å². The monoisotopic (exact) mass is 275 g/mol. The van der Waals surface area contributed by atoms with E-state index in [0.717, 1.165) is 17.1 Å². The van der Waals surface area contributed by atoms with Gasteiger partial charge in [-0.25, -0.2) is 0 Å². The maximum absolute atomic E-state index is 12.1. The van der Waals surface area contributed by atoms with Crippen LogP contribution in [0.5, 0.6) is 0 Å². The third kappa shape index (κ3) is 3.32. The highest BCUT2D eigenvalue weighted by Crippen LogP contribution is 2.23. The van der Waals surface area contributed by atoms with E-state index in [1.807, 2.05) is 25.1 Å². The van der Waals surface area contributed by atoms with E-state index in [-0.39, 0.29) is 5.91 Å². The molecule has 2 rings (SSSR count). The maximum atomic E-state index is 12.1. The van der Waals surface area contributed by atoms with Crippen molar-refractivity contribution in [2.24, 2.45) is 0 Å². The summed E-state index contributed by atoms with van der Waals surface area (Å²) in [4.78, 5) is 12.1. The molecule has 0 bridgehead atoms. The van der Waals surface area contributed by atoms with Gasteiger partial charge in [-0.15, -0.1) is 0 Å². The van der Waals surface area contributed by atoms with E-state index in [1.54, 1.807) is 7.05 Å². The van der Waals surface area contributed by atoms with E-state index < -0.39 is 0 Å². The van der Waals surface area contributed by atoms with Crippen molar-refractivity contribution in [1.82, 2.24) is 9.69 Å². The van der Waals surface area contributed by atoms with Crippen molar-refractivity contribution >= 4 is 22.4 Å².